The number of hydrogen-bond acceptors (Lipinski definition) is 6. The van der Waals surface area contributed by atoms with Crippen molar-refractivity contribution >= 4 is 17.2 Å². The van der Waals surface area contributed by atoms with Crippen molar-refractivity contribution in [2.75, 3.05) is 19.7 Å². The van der Waals surface area contributed by atoms with E-state index in [0.717, 1.165) is 31.4 Å². The Labute approximate surface area is 173 Å². The number of aromatic nitrogens is 3. The fourth-order valence-electron chi connectivity index (χ4n) is 4.32. The second kappa shape index (κ2) is 7.31. The first-order chi connectivity index (χ1) is 14.2. The van der Waals surface area contributed by atoms with Crippen molar-refractivity contribution in [1.82, 2.24) is 19.9 Å². The summed E-state index contributed by atoms with van der Waals surface area (Å²) in [6, 6.07) is 5.96. The van der Waals surface area contributed by atoms with Crippen molar-refractivity contribution in [2.45, 2.75) is 31.8 Å². The molecule has 1 amide bonds. The van der Waals surface area contributed by atoms with E-state index in [1.165, 1.54) is 10.4 Å². The fraction of sp³-hybridized carbons (Fsp3) is 0.364. The summed E-state index contributed by atoms with van der Waals surface area (Å²) < 4.78 is 6.25. The average molecular weight is 407 g/mol. The smallest absolute Gasteiger partial charge is 0.257 e. The zero-order valence-corrected chi connectivity index (χ0v) is 17.1. The van der Waals surface area contributed by atoms with Gasteiger partial charge < -0.3 is 9.64 Å². The largest absolute Gasteiger partial charge is 0.370 e. The summed E-state index contributed by atoms with van der Waals surface area (Å²) in [4.78, 5) is 29.5. The summed E-state index contributed by atoms with van der Waals surface area (Å²) >= 11 is 1.82. The number of amides is 1. The SMILES string of the molecule is Cc1nc(-c2cccnc2)ncc1C(=O)N1CCC2(CC1)OCCc1sccc12. The van der Waals surface area contributed by atoms with E-state index in [4.69, 9.17) is 4.74 Å². The molecular weight excluding hydrogens is 384 g/mol. The standard InChI is InChI=1S/C22H22N4O2S/c1-15-17(14-24-20(25-15)16-3-2-8-23-13-16)21(27)26-9-6-22(7-10-26)18-5-12-29-19(18)4-11-28-22/h2-3,5,8,12-14H,4,6-7,9-11H2,1H3. The van der Waals surface area contributed by atoms with Gasteiger partial charge in [-0.15, -0.1) is 11.3 Å². The monoisotopic (exact) mass is 406 g/mol. The molecule has 0 aliphatic carbocycles. The lowest BCUT2D eigenvalue weighted by Gasteiger charge is -2.44. The lowest BCUT2D eigenvalue weighted by molar-refractivity contribution is -0.0926. The lowest BCUT2D eigenvalue weighted by atomic mass is 9.82. The Morgan fingerprint density at radius 3 is 2.86 bits per heavy atom. The third-order valence-electron chi connectivity index (χ3n) is 5.93. The maximum Gasteiger partial charge on any atom is 0.257 e. The van der Waals surface area contributed by atoms with Crippen molar-refractivity contribution in [2.24, 2.45) is 0 Å². The van der Waals surface area contributed by atoms with Gasteiger partial charge in [-0.05, 0) is 48.9 Å². The fourth-order valence-corrected chi connectivity index (χ4v) is 5.27. The van der Waals surface area contributed by atoms with E-state index < -0.39 is 0 Å². The molecule has 7 heteroatoms. The number of pyridine rings is 1. The topological polar surface area (TPSA) is 68.2 Å². The van der Waals surface area contributed by atoms with Gasteiger partial charge in [0, 0.05) is 48.5 Å². The van der Waals surface area contributed by atoms with Crippen LogP contribution in [-0.4, -0.2) is 45.5 Å². The molecule has 0 saturated carbocycles. The van der Waals surface area contributed by atoms with Gasteiger partial charge in [0.2, 0.25) is 0 Å². The van der Waals surface area contributed by atoms with Gasteiger partial charge in [0.05, 0.1) is 23.5 Å². The number of likely N-dealkylation sites (tertiary alicyclic amines) is 1. The van der Waals surface area contributed by atoms with Crippen LogP contribution in [0.15, 0.2) is 42.2 Å². The number of nitrogens with zero attached hydrogens (tertiary/aromatic N) is 4. The summed E-state index contributed by atoms with van der Waals surface area (Å²) in [5.74, 6) is 0.585. The van der Waals surface area contributed by atoms with Crippen LogP contribution in [0.4, 0.5) is 0 Å². The van der Waals surface area contributed by atoms with Gasteiger partial charge in [-0.3, -0.25) is 9.78 Å². The quantitative estimate of drug-likeness (QED) is 0.650. The highest BCUT2D eigenvalue weighted by atomic mass is 32.1. The van der Waals surface area contributed by atoms with E-state index >= 15 is 0 Å². The normalized spacial score (nSPS) is 17.9. The first-order valence-electron chi connectivity index (χ1n) is 9.90. The summed E-state index contributed by atoms with van der Waals surface area (Å²) in [6.07, 6.45) is 7.74. The van der Waals surface area contributed by atoms with Crippen LogP contribution in [0.3, 0.4) is 0 Å². The molecule has 29 heavy (non-hydrogen) atoms. The Balaban J connectivity index is 1.33. The predicted octanol–water partition coefficient (Wildman–Crippen LogP) is 3.61. The molecule has 148 valence electrons. The van der Waals surface area contributed by atoms with E-state index in [-0.39, 0.29) is 11.5 Å². The van der Waals surface area contributed by atoms with Gasteiger partial charge in [-0.25, -0.2) is 9.97 Å². The van der Waals surface area contributed by atoms with Crippen LogP contribution in [0.2, 0.25) is 0 Å². The third kappa shape index (κ3) is 3.24. The molecule has 0 radical (unpaired) electrons. The van der Waals surface area contributed by atoms with Crippen molar-refractivity contribution in [3.63, 3.8) is 0 Å². The molecule has 2 aliphatic rings. The van der Waals surface area contributed by atoms with Crippen molar-refractivity contribution in [1.29, 1.82) is 0 Å². The van der Waals surface area contributed by atoms with E-state index in [9.17, 15) is 4.79 Å². The van der Waals surface area contributed by atoms with Crippen molar-refractivity contribution in [3.8, 4) is 11.4 Å². The number of rotatable bonds is 2. The molecule has 2 aliphatic heterocycles. The van der Waals surface area contributed by atoms with Crippen LogP contribution in [0, 0.1) is 6.92 Å². The molecule has 3 aromatic heterocycles. The minimum Gasteiger partial charge on any atom is -0.370 e. The molecule has 0 unspecified atom stereocenters. The van der Waals surface area contributed by atoms with E-state index in [0.29, 0.717) is 30.2 Å². The molecular formula is C22H22N4O2S. The zero-order valence-electron chi connectivity index (χ0n) is 16.3. The van der Waals surface area contributed by atoms with Crippen LogP contribution < -0.4 is 0 Å². The van der Waals surface area contributed by atoms with E-state index in [2.05, 4.69) is 26.4 Å². The van der Waals surface area contributed by atoms with Crippen LogP contribution >= 0.6 is 11.3 Å². The third-order valence-corrected chi connectivity index (χ3v) is 6.91. The van der Waals surface area contributed by atoms with Gasteiger partial charge >= 0.3 is 0 Å². The molecule has 0 N–H and O–H groups in total. The summed E-state index contributed by atoms with van der Waals surface area (Å²) in [5, 5.41) is 2.16. The summed E-state index contributed by atoms with van der Waals surface area (Å²) in [7, 11) is 0. The number of hydrogen-bond donors (Lipinski definition) is 0. The second-order valence-corrected chi connectivity index (χ2v) is 8.58. The number of aryl methyl sites for hydroxylation is 1. The molecule has 6 nitrogen and oxygen atoms in total. The van der Waals surface area contributed by atoms with Gasteiger partial charge in [0.15, 0.2) is 5.82 Å². The molecule has 1 saturated heterocycles. The Morgan fingerprint density at radius 2 is 2.10 bits per heavy atom. The molecule has 0 aromatic carbocycles. The van der Waals surface area contributed by atoms with E-state index in [1.54, 1.807) is 18.6 Å². The highest BCUT2D eigenvalue weighted by Gasteiger charge is 2.42. The minimum absolute atomic E-state index is 0.00330. The Bertz CT molecular complexity index is 1040. The summed E-state index contributed by atoms with van der Waals surface area (Å²) in [6.45, 7) is 3.99. The van der Waals surface area contributed by atoms with Gasteiger partial charge in [0.25, 0.3) is 5.91 Å². The number of fused-ring (bicyclic) bond motifs is 2. The predicted molar refractivity (Wildman–Crippen MR) is 111 cm³/mol. The first kappa shape index (κ1) is 18.4. The highest BCUT2D eigenvalue weighted by Crippen LogP contribution is 2.43. The minimum atomic E-state index is -0.222. The molecule has 3 aromatic rings. The molecule has 1 fully saturated rings. The van der Waals surface area contributed by atoms with Crippen molar-refractivity contribution in [3.05, 3.63) is 63.9 Å². The van der Waals surface area contributed by atoms with Crippen LogP contribution in [0.25, 0.3) is 11.4 Å². The Hall–Kier alpha value is -2.64. The number of thiophene rings is 1. The van der Waals surface area contributed by atoms with Crippen LogP contribution in [-0.2, 0) is 16.8 Å². The van der Waals surface area contributed by atoms with Crippen LogP contribution in [0.1, 0.15) is 39.3 Å². The molecule has 5 rings (SSSR count). The number of carbonyl (C=O) groups is 1. The molecule has 0 atom stereocenters. The van der Waals surface area contributed by atoms with Crippen LogP contribution in [0.5, 0.6) is 0 Å². The first-order valence-corrected chi connectivity index (χ1v) is 10.8. The van der Waals surface area contributed by atoms with Gasteiger partial charge in [0.1, 0.15) is 0 Å². The zero-order chi connectivity index (χ0) is 19.8. The number of carbonyl (C=O) groups excluding carboxylic acids is 1. The summed E-state index contributed by atoms with van der Waals surface area (Å²) in [5.41, 5.74) is 3.21. The Morgan fingerprint density at radius 1 is 1.24 bits per heavy atom. The van der Waals surface area contributed by atoms with E-state index in [1.807, 2.05) is 35.3 Å². The molecule has 5 heterocycles. The number of piperidine rings is 1. The second-order valence-electron chi connectivity index (χ2n) is 7.58. The van der Waals surface area contributed by atoms with Gasteiger partial charge in [-0.1, -0.05) is 0 Å². The number of ether oxygens (including phenoxy) is 1. The average Bonchev–Trinajstić information content (AvgIpc) is 3.25. The van der Waals surface area contributed by atoms with Crippen molar-refractivity contribution < 1.29 is 9.53 Å². The maximum atomic E-state index is 13.1. The maximum absolute atomic E-state index is 13.1. The molecule has 1 spiro atoms. The lowest BCUT2D eigenvalue weighted by Crippen LogP contribution is -2.48. The van der Waals surface area contributed by atoms with Gasteiger partial charge in [-0.2, -0.15) is 0 Å². The molecule has 0 bridgehead atoms. The highest BCUT2D eigenvalue weighted by molar-refractivity contribution is 7.10. The Kier molecular flexibility index (Phi) is 4.64.